The van der Waals surface area contributed by atoms with Crippen LogP contribution in [-0.2, 0) is 0 Å². The summed E-state index contributed by atoms with van der Waals surface area (Å²) in [6, 6.07) is 4.61. The molecule has 0 fully saturated rings. The first kappa shape index (κ1) is 7.98. The van der Waals surface area contributed by atoms with Gasteiger partial charge < -0.3 is 5.73 Å². The molecule has 2 N–H and O–H groups in total. The van der Waals surface area contributed by atoms with Crippen LogP contribution >= 0.6 is 0 Å². The van der Waals surface area contributed by atoms with Crippen molar-refractivity contribution in [3.05, 3.63) is 29.3 Å². The number of nitrogen functional groups attached to an aromatic ring is 1. The van der Waals surface area contributed by atoms with Gasteiger partial charge in [0.15, 0.2) is 0 Å². The lowest BCUT2D eigenvalue weighted by atomic mass is 10.1. The van der Waals surface area contributed by atoms with E-state index in [4.69, 9.17) is 5.73 Å². The molecule has 0 amide bonds. The molecule has 0 unspecified atom stereocenters. The van der Waals surface area contributed by atoms with Crippen molar-refractivity contribution in [3.63, 3.8) is 0 Å². The van der Waals surface area contributed by atoms with E-state index >= 15 is 0 Å². The van der Waals surface area contributed by atoms with Crippen molar-refractivity contribution in [2.24, 2.45) is 0 Å². The number of nitrogens with two attached hydrogens (primary N) is 1. The van der Waals surface area contributed by atoms with Gasteiger partial charge >= 0.3 is 0 Å². The SMILES string of the molecule is Cc1ccc(N)c(C(F)F)c1. The number of benzene rings is 1. The molecular weight excluding hydrogens is 148 g/mol. The predicted molar refractivity (Wildman–Crippen MR) is 40.5 cm³/mol. The summed E-state index contributed by atoms with van der Waals surface area (Å²) in [5.74, 6) is 0. The monoisotopic (exact) mass is 157 g/mol. The number of aryl methyl sites for hydroxylation is 1. The Hall–Kier alpha value is -1.12. The van der Waals surface area contributed by atoms with Gasteiger partial charge in [0.25, 0.3) is 6.43 Å². The predicted octanol–water partition coefficient (Wildman–Crippen LogP) is 2.51. The van der Waals surface area contributed by atoms with Gasteiger partial charge in [-0.15, -0.1) is 0 Å². The van der Waals surface area contributed by atoms with Crippen LogP contribution in [0.4, 0.5) is 14.5 Å². The van der Waals surface area contributed by atoms with Gasteiger partial charge in [0, 0.05) is 11.3 Å². The number of hydrogen-bond donors (Lipinski definition) is 1. The Labute approximate surface area is 63.8 Å². The van der Waals surface area contributed by atoms with E-state index < -0.39 is 6.43 Å². The Balaban J connectivity index is 3.13. The summed E-state index contributed by atoms with van der Waals surface area (Å²) in [7, 11) is 0. The zero-order valence-electron chi connectivity index (χ0n) is 6.14. The molecule has 60 valence electrons. The first-order chi connectivity index (χ1) is 5.11. The molecule has 0 aromatic heterocycles. The molecule has 3 heteroatoms. The van der Waals surface area contributed by atoms with Crippen LogP contribution in [0.1, 0.15) is 17.6 Å². The van der Waals surface area contributed by atoms with Crippen LogP contribution in [0.2, 0.25) is 0 Å². The minimum atomic E-state index is -2.48. The standard InChI is InChI=1S/C8H9F2N/c1-5-2-3-7(11)6(4-5)8(9)10/h2-4,8H,11H2,1H3. The van der Waals surface area contributed by atoms with Crippen LogP contribution in [-0.4, -0.2) is 0 Å². The van der Waals surface area contributed by atoms with Crippen molar-refractivity contribution in [1.82, 2.24) is 0 Å². The molecule has 1 rings (SSSR count). The summed E-state index contributed by atoms with van der Waals surface area (Å²) in [6.07, 6.45) is -2.48. The Kier molecular flexibility index (Phi) is 2.08. The Bertz CT molecular complexity index is 258. The highest BCUT2D eigenvalue weighted by Crippen LogP contribution is 2.25. The molecule has 1 aromatic carbocycles. The van der Waals surface area contributed by atoms with Crippen molar-refractivity contribution in [1.29, 1.82) is 0 Å². The number of anilines is 1. The van der Waals surface area contributed by atoms with Crippen molar-refractivity contribution in [2.45, 2.75) is 13.3 Å². The third-order valence-corrected chi connectivity index (χ3v) is 1.48. The number of rotatable bonds is 1. The molecule has 0 atom stereocenters. The molecule has 11 heavy (non-hydrogen) atoms. The second-order valence-corrected chi connectivity index (χ2v) is 2.43. The maximum atomic E-state index is 12.1. The maximum Gasteiger partial charge on any atom is 0.265 e. The molecule has 0 aliphatic rings. The van der Waals surface area contributed by atoms with Gasteiger partial charge in [-0.2, -0.15) is 0 Å². The molecule has 0 heterocycles. The second-order valence-electron chi connectivity index (χ2n) is 2.43. The van der Waals surface area contributed by atoms with Crippen molar-refractivity contribution in [3.8, 4) is 0 Å². The number of hydrogen-bond acceptors (Lipinski definition) is 1. The van der Waals surface area contributed by atoms with Crippen LogP contribution in [0.3, 0.4) is 0 Å². The fourth-order valence-corrected chi connectivity index (χ4v) is 0.883. The van der Waals surface area contributed by atoms with Gasteiger partial charge in [0.2, 0.25) is 0 Å². The third-order valence-electron chi connectivity index (χ3n) is 1.48. The highest BCUT2D eigenvalue weighted by molar-refractivity contribution is 5.48. The first-order valence-corrected chi connectivity index (χ1v) is 3.25. The van der Waals surface area contributed by atoms with E-state index in [-0.39, 0.29) is 11.3 Å². The van der Waals surface area contributed by atoms with Gasteiger partial charge in [-0.25, -0.2) is 8.78 Å². The third kappa shape index (κ3) is 1.67. The molecule has 0 spiro atoms. The lowest BCUT2D eigenvalue weighted by Crippen LogP contribution is -1.94. The van der Waals surface area contributed by atoms with Crippen LogP contribution in [0.5, 0.6) is 0 Å². The van der Waals surface area contributed by atoms with Crippen LogP contribution in [0, 0.1) is 6.92 Å². The van der Waals surface area contributed by atoms with Gasteiger partial charge in [0.1, 0.15) is 0 Å². The first-order valence-electron chi connectivity index (χ1n) is 3.25. The fraction of sp³-hybridized carbons (Fsp3) is 0.250. The van der Waals surface area contributed by atoms with Crippen LogP contribution in [0.15, 0.2) is 18.2 Å². The molecule has 0 aliphatic carbocycles. The summed E-state index contributed by atoms with van der Waals surface area (Å²) in [5.41, 5.74) is 6.19. The van der Waals surface area contributed by atoms with Gasteiger partial charge in [-0.3, -0.25) is 0 Å². The van der Waals surface area contributed by atoms with Gasteiger partial charge in [-0.05, 0) is 19.1 Å². The molecule has 0 saturated carbocycles. The van der Waals surface area contributed by atoms with Crippen LogP contribution in [0.25, 0.3) is 0 Å². The van der Waals surface area contributed by atoms with E-state index in [0.717, 1.165) is 5.56 Å². The number of halogens is 2. The summed E-state index contributed by atoms with van der Waals surface area (Å²) >= 11 is 0. The van der Waals surface area contributed by atoms with Crippen molar-refractivity contribution >= 4 is 5.69 Å². The minimum Gasteiger partial charge on any atom is -0.398 e. The molecule has 0 bridgehead atoms. The fourth-order valence-electron chi connectivity index (χ4n) is 0.883. The van der Waals surface area contributed by atoms with E-state index in [9.17, 15) is 8.78 Å². The lowest BCUT2D eigenvalue weighted by molar-refractivity contribution is 0.152. The maximum absolute atomic E-state index is 12.1. The quantitative estimate of drug-likeness (QED) is 0.623. The summed E-state index contributed by atoms with van der Waals surface area (Å²) in [6.45, 7) is 1.76. The zero-order chi connectivity index (χ0) is 8.43. The van der Waals surface area contributed by atoms with Crippen molar-refractivity contribution in [2.75, 3.05) is 5.73 Å². The van der Waals surface area contributed by atoms with E-state index in [2.05, 4.69) is 0 Å². The highest BCUT2D eigenvalue weighted by Gasteiger charge is 2.09. The molecule has 0 radical (unpaired) electrons. The summed E-state index contributed by atoms with van der Waals surface area (Å²) in [5, 5.41) is 0. The largest absolute Gasteiger partial charge is 0.398 e. The summed E-state index contributed by atoms with van der Waals surface area (Å²) < 4.78 is 24.3. The lowest BCUT2D eigenvalue weighted by Gasteiger charge is -2.04. The van der Waals surface area contributed by atoms with Crippen LogP contribution < -0.4 is 5.73 Å². The van der Waals surface area contributed by atoms with E-state index in [0.29, 0.717) is 0 Å². The zero-order valence-corrected chi connectivity index (χ0v) is 6.14. The molecule has 1 aromatic rings. The average molecular weight is 157 g/mol. The Morgan fingerprint density at radius 2 is 2.00 bits per heavy atom. The molecular formula is C8H9F2N. The topological polar surface area (TPSA) is 26.0 Å². The van der Waals surface area contributed by atoms with Gasteiger partial charge in [0.05, 0.1) is 0 Å². The molecule has 1 nitrogen and oxygen atoms in total. The van der Waals surface area contributed by atoms with E-state index in [1.165, 1.54) is 12.1 Å². The molecule has 0 aliphatic heterocycles. The Morgan fingerprint density at radius 1 is 1.36 bits per heavy atom. The second kappa shape index (κ2) is 2.86. The summed E-state index contributed by atoms with van der Waals surface area (Å²) in [4.78, 5) is 0. The number of alkyl halides is 2. The van der Waals surface area contributed by atoms with E-state index in [1.54, 1.807) is 13.0 Å². The highest BCUT2D eigenvalue weighted by atomic mass is 19.3. The minimum absolute atomic E-state index is 0.0787. The smallest absolute Gasteiger partial charge is 0.265 e. The average Bonchev–Trinajstić information content (AvgIpc) is 1.94. The Morgan fingerprint density at radius 3 is 2.45 bits per heavy atom. The normalized spacial score (nSPS) is 10.5. The van der Waals surface area contributed by atoms with E-state index in [1.807, 2.05) is 0 Å². The molecule has 0 saturated heterocycles. The van der Waals surface area contributed by atoms with Crippen molar-refractivity contribution < 1.29 is 8.78 Å². The van der Waals surface area contributed by atoms with Gasteiger partial charge in [-0.1, -0.05) is 11.6 Å².